The molecule has 0 spiro atoms. The van der Waals surface area contributed by atoms with E-state index in [0.717, 1.165) is 0 Å². The number of hydrogen-bond acceptors (Lipinski definition) is 4. The van der Waals surface area contributed by atoms with Crippen molar-refractivity contribution in [3.05, 3.63) is 33.2 Å². The lowest BCUT2D eigenvalue weighted by Crippen LogP contribution is -2.50. The molecule has 2 heterocycles. The Bertz CT molecular complexity index is 530. The van der Waals surface area contributed by atoms with Gasteiger partial charge in [0.2, 0.25) is 0 Å². The number of carboxylic acid groups (broad SMARTS) is 1. The lowest BCUT2D eigenvalue weighted by Gasteiger charge is -2.32. The van der Waals surface area contributed by atoms with Crippen LogP contribution >= 0.6 is 0 Å². The largest absolute Gasteiger partial charge is 0.478 e. The Morgan fingerprint density at radius 1 is 1.33 bits per heavy atom. The average Bonchev–Trinajstić information content (AvgIpc) is 2.28. The second kappa shape index (κ2) is 4.81. The van der Waals surface area contributed by atoms with Crippen LogP contribution in [-0.2, 0) is 4.74 Å². The van der Waals surface area contributed by atoms with Crippen molar-refractivity contribution in [3.63, 3.8) is 0 Å². The van der Waals surface area contributed by atoms with Crippen molar-refractivity contribution >= 4 is 5.97 Å². The molecule has 1 aliphatic rings. The number of hydrogen-bond donors (Lipinski definition) is 1. The zero-order valence-electron chi connectivity index (χ0n) is 10.5. The first-order valence-electron chi connectivity index (χ1n) is 5.82. The Morgan fingerprint density at radius 3 is 2.50 bits per heavy atom. The SMILES string of the molecule is Cc1cc(=O)n(N2CCOCC2)c(C)c1C(=O)O. The fourth-order valence-corrected chi connectivity index (χ4v) is 2.30. The highest BCUT2D eigenvalue weighted by Crippen LogP contribution is 2.12. The lowest BCUT2D eigenvalue weighted by molar-refractivity contribution is 0.0693. The molecule has 1 saturated heterocycles. The first-order valence-corrected chi connectivity index (χ1v) is 5.82. The number of morpholine rings is 1. The maximum absolute atomic E-state index is 12.0. The third-order valence-electron chi connectivity index (χ3n) is 3.11. The number of aromatic nitrogens is 1. The van der Waals surface area contributed by atoms with Crippen LogP contribution < -0.4 is 10.6 Å². The van der Waals surface area contributed by atoms with E-state index in [1.54, 1.807) is 13.8 Å². The molecule has 2 rings (SSSR count). The van der Waals surface area contributed by atoms with Crippen LogP contribution in [0.4, 0.5) is 0 Å². The minimum absolute atomic E-state index is 0.195. The summed E-state index contributed by atoms with van der Waals surface area (Å²) in [6.07, 6.45) is 0. The fraction of sp³-hybridized carbons (Fsp3) is 0.500. The van der Waals surface area contributed by atoms with Crippen molar-refractivity contribution in [2.24, 2.45) is 0 Å². The van der Waals surface area contributed by atoms with Gasteiger partial charge in [-0.3, -0.25) is 4.79 Å². The minimum Gasteiger partial charge on any atom is -0.478 e. The lowest BCUT2D eigenvalue weighted by atomic mass is 10.1. The number of pyridine rings is 1. The van der Waals surface area contributed by atoms with Crippen molar-refractivity contribution in [2.75, 3.05) is 31.3 Å². The van der Waals surface area contributed by atoms with Gasteiger partial charge in [-0.1, -0.05) is 0 Å². The van der Waals surface area contributed by atoms with Crippen LogP contribution in [0.25, 0.3) is 0 Å². The summed E-state index contributed by atoms with van der Waals surface area (Å²) in [6, 6.07) is 1.37. The molecule has 98 valence electrons. The molecule has 6 nitrogen and oxygen atoms in total. The van der Waals surface area contributed by atoms with E-state index in [0.29, 0.717) is 37.6 Å². The quantitative estimate of drug-likeness (QED) is 0.810. The molecule has 0 atom stereocenters. The van der Waals surface area contributed by atoms with Gasteiger partial charge in [-0.2, -0.15) is 0 Å². The normalized spacial score (nSPS) is 15.8. The average molecular weight is 252 g/mol. The van der Waals surface area contributed by atoms with Crippen molar-refractivity contribution in [2.45, 2.75) is 13.8 Å². The van der Waals surface area contributed by atoms with Crippen LogP contribution in [0.15, 0.2) is 10.9 Å². The maximum Gasteiger partial charge on any atom is 0.337 e. The molecular weight excluding hydrogens is 236 g/mol. The number of nitrogens with zero attached hydrogens (tertiary/aromatic N) is 2. The smallest absolute Gasteiger partial charge is 0.337 e. The molecule has 0 unspecified atom stereocenters. The monoisotopic (exact) mass is 252 g/mol. The van der Waals surface area contributed by atoms with Crippen molar-refractivity contribution < 1.29 is 14.6 Å². The third-order valence-corrected chi connectivity index (χ3v) is 3.11. The van der Waals surface area contributed by atoms with Crippen LogP contribution in [0.5, 0.6) is 0 Å². The van der Waals surface area contributed by atoms with Gasteiger partial charge in [-0.05, 0) is 19.4 Å². The highest BCUT2D eigenvalue weighted by molar-refractivity contribution is 5.90. The fourth-order valence-electron chi connectivity index (χ4n) is 2.30. The van der Waals surface area contributed by atoms with E-state index in [4.69, 9.17) is 4.74 Å². The predicted octanol–water partition coefficient (Wildman–Crippen LogP) is 0.132. The molecule has 0 aliphatic carbocycles. The summed E-state index contributed by atoms with van der Waals surface area (Å²) in [5.41, 5.74) is 0.960. The van der Waals surface area contributed by atoms with E-state index in [1.807, 2.05) is 5.01 Å². The Kier molecular flexibility index (Phi) is 3.38. The first-order chi connectivity index (χ1) is 8.52. The van der Waals surface area contributed by atoms with Crippen molar-refractivity contribution in [1.82, 2.24) is 4.68 Å². The topological polar surface area (TPSA) is 71.8 Å². The Labute approximate surface area is 104 Å². The maximum atomic E-state index is 12.0. The third kappa shape index (κ3) is 2.11. The second-order valence-electron chi connectivity index (χ2n) is 4.31. The molecule has 1 aliphatic heterocycles. The molecule has 0 radical (unpaired) electrons. The molecule has 1 aromatic rings. The summed E-state index contributed by atoms with van der Waals surface area (Å²) in [5.74, 6) is -1.01. The summed E-state index contributed by atoms with van der Waals surface area (Å²) < 4.78 is 6.67. The van der Waals surface area contributed by atoms with Gasteiger partial charge < -0.3 is 14.9 Å². The number of aromatic carboxylic acids is 1. The molecule has 6 heteroatoms. The number of ether oxygens (including phenoxy) is 1. The second-order valence-corrected chi connectivity index (χ2v) is 4.31. The Hall–Kier alpha value is -1.82. The molecule has 18 heavy (non-hydrogen) atoms. The highest BCUT2D eigenvalue weighted by Gasteiger charge is 2.20. The number of carbonyl (C=O) groups is 1. The van der Waals surface area contributed by atoms with E-state index in [-0.39, 0.29) is 11.1 Å². The van der Waals surface area contributed by atoms with Gasteiger partial charge in [0.15, 0.2) is 0 Å². The first kappa shape index (κ1) is 12.6. The van der Waals surface area contributed by atoms with E-state index in [2.05, 4.69) is 0 Å². The van der Waals surface area contributed by atoms with Crippen LogP contribution in [0.1, 0.15) is 21.6 Å². The van der Waals surface area contributed by atoms with Gasteiger partial charge in [0, 0.05) is 6.07 Å². The van der Waals surface area contributed by atoms with Crippen molar-refractivity contribution in [3.8, 4) is 0 Å². The molecule has 1 fully saturated rings. The van der Waals surface area contributed by atoms with Gasteiger partial charge in [-0.15, -0.1) is 0 Å². The molecule has 0 bridgehead atoms. The molecule has 0 aromatic carbocycles. The highest BCUT2D eigenvalue weighted by atomic mass is 16.5. The summed E-state index contributed by atoms with van der Waals surface area (Å²) in [4.78, 5) is 23.3. The van der Waals surface area contributed by atoms with E-state index >= 15 is 0 Å². The zero-order valence-corrected chi connectivity index (χ0v) is 10.5. The van der Waals surface area contributed by atoms with Gasteiger partial charge in [-0.25, -0.2) is 9.47 Å². The molecular formula is C12H16N2O4. The van der Waals surface area contributed by atoms with Gasteiger partial charge in [0.25, 0.3) is 5.56 Å². The summed E-state index contributed by atoms with van der Waals surface area (Å²) in [5, 5.41) is 11.0. The number of rotatable bonds is 2. The van der Waals surface area contributed by atoms with E-state index < -0.39 is 5.97 Å². The summed E-state index contributed by atoms with van der Waals surface area (Å²) in [6.45, 7) is 5.56. The van der Waals surface area contributed by atoms with Crippen LogP contribution in [0.3, 0.4) is 0 Å². The standard InChI is InChI=1S/C12H16N2O4/c1-8-7-10(15)14(9(2)11(8)12(16)17)13-3-5-18-6-4-13/h7H,3-6H2,1-2H3,(H,16,17). The van der Waals surface area contributed by atoms with E-state index in [1.165, 1.54) is 10.7 Å². The van der Waals surface area contributed by atoms with Crippen LogP contribution in [0.2, 0.25) is 0 Å². The summed E-state index contributed by atoms with van der Waals surface area (Å²) in [7, 11) is 0. The Balaban J connectivity index is 2.56. The Morgan fingerprint density at radius 2 is 1.94 bits per heavy atom. The zero-order chi connectivity index (χ0) is 13.3. The van der Waals surface area contributed by atoms with Crippen LogP contribution in [-0.4, -0.2) is 42.1 Å². The van der Waals surface area contributed by atoms with Gasteiger partial charge in [0.05, 0.1) is 37.6 Å². The van der Waals surface area contributed by atoms with Crippen molar-refractivity contribution in [1.29, 1.82) is 0 Å². The number of carboxylic acids is 1. The molecule has 1 N–H and O–H groups in total. The predicted molar refractivity (Wildman–Crippen MR) is 65.9 cm³/mol. The van der Waals surface area contributed by atoms with Gasteiger partial charge in [0.1, 0.15) is 0 Å². The minimum atomic E-state index is -1.01. The molecule has 0 amide bonds. The summed E-state index contributed by atoms with van der Waals surface area (Å²) >= 11 is 0. The van der Waals surface area contributed by atoms with E-state index in [9.17, 15) is 14.7 Å². The van der Waals surface area contributed by atoms with Gasteiger partial charge >= 0.3 is 5.97 Å². The molecule has 1 aromatic heterocycles. The molecule has 0 saturated carbocycles. The number of aryl methyl sites for hydroxylation is 1. The van der Waals surface area contributed by atoms with Crippen LogP contribution in [0, 0.1) is 13.8 Å².